The van der Waals surface area contributed by atoms with Gasteiger partial charge in [-0.05, 0) is 25.1 Å². The van der Waals surface area contributed by atoms with Crippen LogP contribution in [0.1, 0.15) is 17.3 Å². The summed E-state index contributed by atoms with van der Waals surface area (Å²) in [4.78, 5) is 21.8. The second kappa shape index (κ2) is 3.84. The van der Waals surface area contributed by atoms with Crippen LogP contribution in [0.5, 0.6) is 11.5 Å². The van der Waals surface area contributed by atoms with E-state index in [1.54, 1.807) is 18.2 Å². The molecule has 0 spiro atoms. The lowest BCUT2D eigenvalue weighted by Gasteiger charge is -2.23. The number of benzene rings is 1. The first kappa shape index (κ1) is 10.5. The maximum Gasteiger partial charge on any atom is 0.348 e. The van der Waals surface area contributed by atoms with Gasteiger partial charge < -0.3 is 14.6 Å². The van der Waals surface area contributed by atoms with Crippen molar-refractivity contribution in [2.24, 2.45) is 0 Å². The van der Waals surface area contributed by atoms with Gasteiger partial charge in [-0.2, -0.15) is 0 Å². The molecule has 1 heterocycles. The molecule has 1 N–H and O–H groups in total. The average Bonchev–Trinajstić information content (AvgIpc) is 2.27. The van der Waals surface area contributed by atoms with Crippen LogP contribution in [0.25, 0.3) is 0 Å². The van der Waals surface area contributed by atoms with E-state index >= 15 is 0 Å². The van der Waals surface area contributed by atoms with Crippen LogP contribution in [0.2, 0.25) is 0 Å². The number of Topliss-reactive ketones (excluding diaryl/α,β-unsaturated/α-hetero) is 1. The Morgan fingerprint density at radius 2 is 2.12 bits per heavy atom. The highest BCUT2D eigenvalue weighted by atomic mass is 16.6. The van der Waals surface area contributed by atoms with E-state index in [0.29, 0.717) is 17.1 Å². The Balaban J connectivity index is 2.29. The molecule has 1 unspecified atom stereocenters. The van der Waals surface area contributed by atoms with E-state index in [-0.39, 0.29) is 12.4 Å². The number of carbonyl (C=O) groups excluding carboxylic acids is 1. The summed E-state index contributed by atoms with van der Waals surface area (Å²) in [5.41, 5.74) is 0.510. The van der Waals surface area contributed by atoms with Gasteiger partial charge in [-0.15, -0.1) is 0 Å². The van der Waals surface area contributed by atoms with Gasteiger partial charge in [0.1, 0.15) is 6.61 Å². The number of rotatable bonds is 2. The quantitative estimate of drug-likeness (QED) is 0.759. The number of ketones is 1. The monoisotopic (exact) mass is 222 g/mol. The molecule has 5 heteroatoms. The van der Waals surface area contributed by atoms with Crippen LogP contribution in [0.3, 0.4) is 0 Å². The lowest BCUT2D eigenvalue weighted by molar-refractivity contribution is -0.147. The Bertz CT molecular complexity index is 452. The van der Waals surface area contributed by atoms with Crippen molar-refractivity contribution in [3.8, 4) is 11.5 Å². The van der Waals surface area contributed by atoms with Gasteiger partial charge in [0.05, 0.1) is 0 Å². The van der Waals surface area contributed by atoms with Crippen LogP contribution >= 0.6 is 0 Å². The fourth-order valence-corrected chi connectivity index (χ4v) is 1.41. The molecule has 1 aromatic rings. The third-order valence-electron chi connectivity index (χ3n) is 2.29. The van der Waals surface area contributed by atoms with Crippen LogP contribution in [-0.2, 0) is 4.79 Å². The number of carboxylic acid groups (broad SMARTS) is 1. The maximum absolute atomic E-state index is 11.1. The van der Waals surface area contributed by atoms with Gasteiger partial charge in [-0.1, -0.05) is 0 Å². The van der Waals surface area contributed by atoms with Crippen molar-refractivity contribution in [1.82, 2.24) is 0 Å². The van der Waals surface area contributed by atoms with E-state index in [2.05, 4.69) is 0 Å². The standard InChI is InChI=1S/C11H10O5/c1-6(12)7-2-3-8-9(4-7)15-5-10(16-8)11(13)14/h2-4,10H,5H2,1H3,(H,13,14). The lowest BCUT2D eigenvalue weighted by Crippen LogP contribution is -2.36. The van der Waals surface area contributed by atoms with Gasteiger partial charge in [0.25, 0.3) is 0 Å². The van der Waals surface area contributed by atoms with Gasteiger partial charge in [-0.25, -0.2) is 4.79 Å². The van der Waals surface area contributed by atoms with Gasteiger partial charge in [0, 0.05) is 5.56 Å². The first-order valence-corrected chi connectivity index (χ1v) is 4.75. The molecule has 0 aliphatic carbocycles. The largest absolute Gasteiger partial charge is 0.485 e. The zero-order valence-electron chi connectivity index (χ0n) is 8.60. The third kappa shape index (κ3) is 1.84. The van der Waals surface area contributed by atoms with Crippen molar-refractivity contribution < 1.29 is 24.2 Å². The number of carbonyl (C=O) groups is 2. The average molecular weight is 222 g/mol. The van der Waals surface area contributed by atoms with E-state index < -0.39 is 12.1 Å². The molecule has 0 saturated carbocycles. The Labute approximate surface area is 91.6 Å². The number of ether oxygens (including phenoxy) is 2. The van der Waals surface area contributed by atoms with Crippen LogP contribution in [0.15, 0.2) is 18.2 Å². The highest BCUT2D eigenvalue weighted by molar-refractivity contribution is 5.94. The maximum atomic E-state index is 11.1. The van der Waals surface area contributed by atoms with Crippen LogP contribution in [-0.4, -0.2) is 29.6 Å². The second-order valence-corrected chi connectivity index (χ2v) is 3.47. The highest BCUT2D eigenvalue weighted by Crippen LogP contribution is 2.32. The van der Waals surface area contributed by atoms with E-state index in [0.717, 1.165) is 0 Å². The fourth-order valence-electron chi connectivity index (χ4n) is 1.41. The molecular weight excluding hydrogens is 212 g/mol. The minimum absolute atomic E-state index is 0.0519. The molecule has 1 aliphatic heterocycles. The topological polar surface area (TPSA) is 72.8 Å². The van der Waals surface area contributed by atoms with E-state index in [4.69, 9.17) is 14.6 Å². The molecule has 0 fully saturated rings. The molecule has 84 valence electrons. The summed E-state index contributed by atoms with van der Waals surface area (Å²) in [6.45, 7) is 1.40. The Hall–Kier alpha value is -2.04. The molecule has 2 rings (SSSR count). The third-order valence-corrected chi connectivity index (χ3v) is 2.29. The molecule has 16 heavy (non-hydrogen) atoms. The number of hydrogen-bond donors (Lipinski definition) is 1. The minimum Gasteiger partial charge on any atom is -0.485 e. The highest BCUT2D eigenvalue weighted by Gasteiger charge is 2.27. The molecule has 1 atom stereocenters. The first-order valence-electron chi connectivity index (χ1n) is 4.75. The minimum atomic E-state index is -1.07. The van der Waals surface area contributed by atoms with Crippen molar-refractivity contribution in [3.63, 3.8) is 0 Å². The first-order chi connectivity index (χ1) is 7.58. The Morgan fingerprint density at radius 1 is 1.38 bits per heavy atom. The predicted octanol–water partition coefficient (Wildman–Crippen LogP) is 1.11. The van der Waals surface area contributed by atoms with E-state index in [9.17, 15) is 9.59 Å². The smallest absolute Gasteiger partial charge is 0.348 e. The summed E-state index contributed by atoms with van der Waals surface area (Å²) in [5, 5.41) is 8.75. The summed E-state index contributed by atoms with van der Waals surface area (Å²) in [5.74, 6) is -0.387. The van der Waals surface area contributed by atoms with Crippen molar-refractivity contribution >= 4 is 11.8 Å². The van der Waals surface area contributed by atoms with Crippen molar-refractivity contribution in [2.75, 3.05) is 6.61 Å². The van der Waals surface area contributed by atoms with Gasteiger partial charge in [-0.3, -0.25) is 4.79 Å². The normalized spacial score (nSPS) is 17.9. The van der Waals surface area contributed by atoms with Gasteiger partial charge >= 0.3 is 5.97 Å². The molecule has 0 saturated heterocycles. The van der Waals surface area contributed by atoms with Crippen molar-refractivity contribution in [3.05, 3.63) is 23.8 Å². The molecule has 0 radical (unpaired) electrons. The zero-order chi connectivity index (χ0) is 11.7. The second-order valence-electron chi connectivity index (χ2n) is 3.47. The Kier molecular flexibility index (Phi) is 2.52. The SMILES string of the molecule is CC(=O)c1ccc2c(c1)OCC(C(=O)O)O2. The number of fused-ring (bicyclic) bond motifs is 1. The van der Waals surface area contributed by atoms with Crippen molar-refractivity contribution in [1.29, 1.82) is 0 Å². The summed E-state index contributed by atoms with van der Waals surface area (Å²) in [6, 6.07) is 4.67. The van der Waals surface area contributed by atoms with E-state index in [1.807, 2.05) is 0 Å². The van der Waals surface area contributed by atoms with Crippen LogP contribution in [0.4, 0.5) is 0 Å². The number of hydrogen-bond acceptors (Lipinski definition) is 4. The number of aliphatic carboxylic acids is 1. The molecule has 0 aromatic heterocycles. The molecule has 0 bridgehead atoms. The van der Waals surface area contributed by atoms with Crippen LogP contribution in [0, 0.1) is 0 Å². The van der Waals surface area contributed by atoms with Gasteiger partial charge in [0.2, 0.25) is 6.10 Å². The molecule has 0 amide bonds. The molecular formula is C11H10O5. The van der Waals surface area contributed by atoms with Crippen molar-refractivity contribution in [2.45, 2.75) is 13.0 Å². The molecule has 1 aliphatic rings. The zero-order valence-corrected chi connectivity index (χ0v) is 8.60. The molecule has 1 aromatic carbocycles. The van der Waals surface area contributed by atoms with E-state index in [1.165, 1.54) is 6.92 Å². The fraction of sp³-hybridized carbons (Fsp3) is 0.273. The molecule has 5 nitrogen and oxygen atoms in total. The number of carboxylic acids is 1. The Morgan fingerprint density at radius 3 is 2.75 bits per heavy atom. The van der Waals surface area contributed by atoms with Gasteiger partial charge in [0.15, 0.2) is 17.3 Å². The van der Waals surface area contributed by atoms with Crippen LogP contribution < -0.4 is 9.47 Å². The predicted molar refractivity (Wildman–Crippen MR) is 54.0 cm³/mol. The summed E-state index contributed by atoms with van der Waals surface area (Å²) in [7, 11) is 0. The lowest BCUT2D eigenvalue weighted by atomic mass is 10.1. The summed E-state index contributed by atoms with van der Waals surface area (Å²) in [6.07, 6.45) is -0.990. The summed E-state index contributed by atoms with van der Waals surface area (Å²) >= 11 is 0. The summed E-state index contributed by atoms with van der Waals surface area (Å²) < 4.78 is 10.4.